The summed E-state index contributed by atoms with van der Waals surface area (Å²) in [5.74, 6) is -0.0857. The van der Waals surface area contributed by atoms with Crippen molar-refractivity contribution in [1.29, 1.82) is 0 Å². The van der Waals surface area contributed by atoms with Crippen LogP contribution in [0.5, 0.6) is 11.5 Å². The lowest BCUT2D eigenvalue weighted by molar-refractivity contribution is 0.112. The van der Waals surface area contributed by atoms with Gasteiger partial charge in [-0.3, -0.25) is 4.79 Å². The Balaban J connectivity index is 2.75. The van der Waals surface area contributed by atoms with Crippen molar-refractivity contribution in [2.45, 2.75) is 6.92 Å². The standard InChI is InChI=1S/C14H12O3/c1-9-5-6-10(8-15)11(7-9)14-12(16)3-2-4-13(14)17/h2-8,16-17H,1H3. The van der Waals surface area contributed by atoms with E-state index in [4.69, 9.17) is 0 Å². The van der Waals surface area contributed by atoms with Gasteiger partial charge in [0.25, 0.3) is 0 Å². The van der Waals surface area contributed by atoms with Gasteiger partial charge in [-0.05, 0) is 24.6 Å². The Bertz CT molecular complexity index is 553. The lowest BCUT2D eigenvalue weighted by Crippen LogP contribution is -1.90. The summed E-state index contributed by atoms with van der Waals surface area (Å²) in [5.41, 5.74) is 2.22. The topological polar surface area (TPSA) is 57.5 Å². The molecule has 0 bridgehead atoms. The van der Waals surface area contributed by atoms with Gasteiger partial charge in [0, 0.05) is 5.56 Å². The number of aryl methyl sites for hydroxylation is 1. The Morgan fingerprint density at radius 3 is 2.29 bits per heavy atom. The molecule has 0 heterocycles. The van der Waals surface area contributed by atoms with Crippen LogP contribution in [0.1, 0.15) is 15.9 Å². The van der Waals surface area contributed by atoms with Crippen LogP contribution < -0.4 is 0 Å². The van der Waals surface area contributed by atoms with E-state index in [-0.39, 0.29) is 11.5 Å². The first-order valence-electron chi connectivity index (χ1n) is 5.20. The Kier molecular flexibility index (Phi) is 2.83. The van der Waals surface area contributed by atoms with E-state index < -0.39 is 0 Å². The van der Waals surface area contributed by atoms with Gasteiger partial charge in [-0.15, -0.1) is 0 Å². The third-order valence-corrected chi connectivity index (χ3v) is 2.63. The minimum absolute atomic E-state index is 0.0429. The van der Waals surface area contributed by atoms with Crippen molar-refractivity contribution >= 4 is 6.29 Å². The third kappa shape index (κ3) is 1.99. The summed E-state index contributed by atoms with van der Waals surface area (Å²) in [4.78, 5) is 11.0. The molecule has 2 aromatic carbocycles. The molecular weight excluding hydrogens is 216 g/mol. The van der Waals surface area contributed by atoms with Crippen molar-refractivity contribution in [2.75, 3.05) is 0 Å². The summed E-state index contributed by atoms with van der Waals surface area (Å²) < 4.78 is 0. The number of aromatic hydroxyl groups is 2. The van der Waals surface area contributed by atoms with Crippen LogP contribution in [0, 0.1) is 6.92 Å². The second kappa shape index (κ2) is 4.29. The van der Waals surface area contributed by atoms with Crippen LogP contribution in [0.3, 0.4) is 0 Å². The van der Waals surface area contributed by atoms with Crippen molar-refractivity contribution in [2.24, 2.45) is 0 Å². The fraction of sp³-hybridized carbons (Fsp3) is 0.0714. The Labute approximate surface area is 99.0 Å². The van der Waals surface area contributed by atoms with Gasteiger partial charge < -0.3 is 10.2 Å². The first-order chi connectivity index (χ1) is 8.13. The average molecular weight is 228 g/mol. The minimum Gasteiger partial charge on any atom is -0.507 e. The van der Waals surface area contributed by atoms with Crippen molar-refractivity contribution < 1.29 is 15.0 Å². The Morgan fingerprint density at radius 1 is 1.06 bits per heavy atom. The second-order valence-corrected chi connectivity index (χ2v) is 3.88. The number of benzene rings is 2. The highest BCUT2D eigenvalue weighted by Crippen LogP contribution is 2.38. The normalized spacial score (nSPS) is 10.2. The molecule has 3 heteroatoms. The van der Waals surface area contributed by atoms with Gasteiger partial charge in [0.05, 0.1) is 5.56 Å². The summed E-state index contributed by atoms with van der Waals surface area (Å²) in [6, 6.07) is 9.74. The van der Waals surface area contributed by atoms with Crippen LogP contribution >= 0.6 is 0 Å². The molecule has 0 aliphatic heterocycles. The second-order valence-electron chi connectivity index (χ2n) is 3.88. The van der Waals surface area contributed by atoms with Gasteiger partial charge in [-0.2, -0.15) is 0 Å². The highest BCUT2D eigenvalue weighted by atomic mass is 16.3. The monoisotopic (exact) mass is 228 g/mol. The number of hydrogen-bond acceptors (Lipinski definition) is 3. The number of carbonyl (C=O) groups is 1. The largest absolute Gasteiger partial charge is 0.507 e. The average Bonchev–Trinajstić information content (AvgIpc) is 2.29. The minimum atomic E-state index is -0.0429. The fourth-order valence-electron chi connectivity index (χ4n) is 1.79. The summed E-state index contributed by atoms with van der Waals surface area (Å²) in [6.45, 7) is 1.88. The van der Waals surface area contributed by atoms with Crippen LogP contribution in [-0.2, 0) is 0 Å². The first-order valence-corrected chi connectivity index (χ1v) is 5.20. The highest BCUT2D eigenvalue weighted by Gasteiger charge is 2.13. The fourth-order valence-corrected chi connectivity index (χ4v) is 1.79. The molecule has 0 unspecified atom stereocenters. The summed E-state index contributed by atoms with van der Waals surface area (Å²) >= 11 is 0. The van der Waals surface area contributed by atoms with Crippen molar-refractivity contribution in [3.63, 3.8) is 0 Å². The van der Waals surface area contributed by atoms with E-state index >= 15 is 0 Å². The van der Waals surface area contributed by atoms with Gasteiger partial charge in [-0.25, -0.2) is 0 Å². The van der Waals surface area contributed by atoms with E-state index in [0.717, 1.165) is 5.56 Å². The molecular formula is C14H12O3. The van der Waals surface area contributed by atoms with Gasteiger partial charge in [0.1, 0.15) is 11.5 Å². The van der Waals surface area contributed by atoms with E-state index in [9.17, 15) is 15.0 Å². The van der Waals surface area contributed by atoms with Gasteiger partial charge >= 0.3 is 0 Å². The van der Waals surface area contributed by atoms with E-state index in [0.29, 0.717) is 23.0 Å². The SMILES string of the molecule is Cc1ccc(C=O)c(-c2c(O)cccc2O)c1. The molecule has 0 aromatic heterocycles. The van der Waals surface area contributed by atoms with Gasteiger partial charge in [0.2, 0.25) is 0 Å². The van der Waals surface area contributed by atoms with Gasteiger partial charge in [0.15, 0.2) is 6.29 Å². The van der Waals surface area contributed by atoms with E-state index in [1.807, 2.05) is 13.0 Å². The zero-order valence-electron chi connectivity index (χ0n) is 9.34. The predicted molar refractivity (Wildman–Crippen MR) is 65.3 cm³/mol. The molecule has 3 nitrogen and oxygen atoms in total. The maximum Gasteiger partial charge on any atom is 0.150 e. The van der Waals surface area contributed by atoms with Crippen molar-refractivity contribution in [3.8, 4) is 22.6 Å². The van der Waals surface area contributed by atoms with Crippen LogP contribution in [0.2, 0.25) is 0 Å². The molecule has 86 valence electrons. The number of phenolic OH excluding ortho intramolecular Hbond substituents is 2. The molecule has 0 spiro atoms. The number of rotatable bonds is 2. The highest BCUT2D eigenvalue weighted by molar-refractivity contribution is 5.91. The molecule has 0 fully saturated rings. The number of aldehydes is 1. The first kappa shape index (κ1) is 11.2. The molecule has 0 saturated heterocycles. The molecule has 2 N–H and O–H groups in total. The van der Waals surface area contributed by atoms with E-state index in [1.165, 1.54) is 12.1 Å². The zero-order chi connectivity index (χ0) is 12.4. The van der Waals surface area contributed by atoms with Gasteiger partial charge in [-0.1, -0.05) is 29.8 Å². The smallest absolute Gasteiger partial charge is 0.150 e. The van der Waals surface area contributed by atoms with Crippen LogP contribution in [0.15, 0.2) is 36.4 Å². The molecule has 17 heavy (non-hydrogen) atoms. The molecule has 2 aromatic rings. The maximum absolute atomic E-state index is 11.0. The summed E-state index contributed by atoms with van der Waals surface area (Å²) in [7, 11) is 0. The van der Waals surface area contributed by atoms with Crippen molar-refractivity contribution in [1.82, 2.24) is 0 Å². The van der Waals surface area contributed by atoms with E-state index in [1.54, 1.807) is 18.2 Å². The number of carbonyl (C=O) groups excluding carboxylic acids is 1. The lowest BCUT2D eigenvalue weighted by atomic mass is 9.97. The van der Waals surface area contributed by atoms with Crippen molar-refractivity contribution in [3.05, 3.63) is 47.5 Å². The third-order valence-electron chi connectivity index (χ3n) is 2.63. The summed E-state index contributed by atoms with van der Waals surface area (Å²) in [5, 5.41) is 19.6. The Morgan fingerprint density at radius 2 is 1.71 bits per heavy atom. The Hall–Kier alpha value is -2.29. The predicted octanol–water partition coefficient (Wildman–Crippen LogP) is 2.89. The number of hydrogen-bond donors (Lipinski definition) is 2. The zero-order valence-corrected chi connectivity index (χ0v) is 9.34. The molecule has 0 aliphatic carbocycles. The number of phenols is 2. The van der Waals surface area contributed by atoms with E-state index in [2.05, 4.69) is 0 Å². The molecule has 2 rings (SSSR count). The van der Waals surface area contributed by atoms with Crippen LogP contribution in [-0.4, -0.2) is 16.5 Å². The summed E-state index contributed by atoms with van der Waals surface area (Å²) in [6.07, 6.45) is 0.709. The quantitative estimate of drug-likeness (QED) is 0.777. The molecule has 0 aliphatic rings. The molecule has 0 radical (unpaired) electrons. The molecule has 0 amide bonds. The molecule has 0 atom stereocenters. The lowest BCUT2D eigenvalue weighted by Gasteiger charge is -2.10. The molecule has 0 saturated carbocycles. The van der Waals surface area contributed by atoms with Crippen LogP contribution in [0.4, 0.5) is 0 Å². The maximum atomic E-state index is 11.0. The van der Waals surface area contributed by atoms with Crippen LogP contribution in [0.25, 0.3) is 11.1 Å².